The third-order valence-electron chi connectivity index (χ3n) is 6.57. The van der Waals surface area contributed by atoms with Crippen LogP contribution in [0.25, 0.3) is 0 Å². The highest BCUT2D eigenvalue weighted by Crippen LogP contribution is 2.36. The summed E-state index contributed by atoms with van der Waals surface area (Å²) in [5.41, 5.74) is 0.864. The Morgan fingerprint density at radius 2 is 1.97 bits per heavy atom. The third kappa shape index (κ3) is 6.36. The smallest absolute Gasteiger partial charge is 0.337 e. The maximum atomic E-state index is 12.5. The highest BCUT2D eigenvalue weighted by molar-refractivity contribution is 5.89. The molecule has 1 saturated heterocycles. The summed E-state index contributed by atoms with van der Waals surface area (Å²) < 4.78 is 21.7. The minimum Gasteiger partial charge on any atom is -0.545 e. The highest BCUT2D eigenvalue weighted by atomic mass is 16.8. The van der Waals surface area contributed by atoms with Gasteiger partial charge in [-0.25, -0.2) is 4.79 Å². The van der Waals surface area contributed by atoms with Gasteiger partial charge in [-0.1, -0.05) is 18.2 Å². The lowest BCUT2D eigenvalue weighted by atomic mass is 9.83. The second-order valence-electron chi connectivity index (χ2n) is 8.89. The van der Waals surface area contributed by atoms with Crippen LogP contribution in [-0.4, -0.2) is 96.2 Å². The topological polar surface area (TPSA) is 179 Å². The molecule has 0 aromatic rings. The molecule has 0 bridgehead atoms. The molecule has 3 heterocycles. The van der Waals surface area contributed by atoms with Crippen LogP contribution in [0.1, 0.15) is 6.92 Å². The molecule has 5 N–H and O–H groups in total. The number of methoxy groups -OCH3 is 1. The molecule has 0 spiro atoms. The van der Waals surface area contributed by atoms with E-state index in [2.05, 4.69) is 6.58 Å². The van der Waals surface area contributed by atoms with E-state index >= 15 is 0 Å². The van der Waals surface area contributed by atoms with Crippen molar-refractivity contribution in [1.29, 1.82) is 0 Å². The van der Waals surface area contributed by atoms with Gasteiger partial charge in [0.15, 0.2) is 6.29 Å². The van der Waals surface area contributed by atoms with E-state index in [4.69, 9.17) is 18.9 Å². The molecule has 9 atom stereocenters. The number of carboxylic acid groups (broad SMARTS) is 1. The Bertz CT molecular complexity index is 985. The van der Waals surface area contributed by atoms with Crippen molar-refractivity contribution in [2.45, 2.75) is 43.9 Å². The van der Waals surface area contributed by atoms with Crippen molar-refractivity contribution in [3.05, 3.63) is 60.1 Å². The van der Waals surface area contributed by atoms with Crippen LogP contribution < -0.4 is 10.0 Å². The minimum atomic E-state index is -1.66. The molecule has 0 aromatic heterocycles. The molecule has 0 saturated carbocycles. The summed E-state index contributed by atoms with van der Waals surface area (Å²) in [6.45, 7) is 6.02. The van der Waals surface area contributed by atoms with Gasteiger partial charge in [-0.2, -0.15) is 0 Å². The summed E-state index contributed by atoms with van der Waals surface area (Å²) in [5, 5.41) is 51.3. The summed E-state index contributed by atoms with van der Waals surface area (Å²) in [5.74, 6) is -3.37. The van der Waals surface area contributed by atoms with E-state index in [0.29, 0.717) is 12.1 Å². The fourth-order valence-electron chi connectivity index (χ4n) is 4.41. The molecule has 1 fully saturated rings. The lowest BCUT2D eigenvalue weighted by Gasteiger charge is -2.42. The highest BCUT2D eigenvalue weighted by Gasteiger charge is 2.47. The number of hydrogen-bond donors (Lipinski definition) is 5. The molecule has 204 valence electrons. The quantitative estimate of drug-likeness (QED) is 0.151. The van der Waals surface area contributed by atoms with Crippen LogP contribution in [0.5, 0.6) is 0 Å². The van der Waals surface area contributed by atoms with E-state index in [1.165, 1.54) is 19.3 Å². The lowest BCUT2D eigenvalue weighted by molar-refractivity contribution is -0.840. The van der Waals surface area contributed by atoms with Crippen LogP contribution in [0.2, 0.25) is 0 Å². The number of likely N-dealkylation sites (N-methyl/N-ethyl adjacent to an activating group) is 1. The van der Waals surface area contributed by atoms with Gasteiger partial charge >= 0.3 is 5.97 Å². The van der Waals surface area contributed by atoms with Gasteiger partial charge in [0.25, 0.3) is 0 Å². The van der Waals surface area contributed by atoms with E-state index in [-0.39, 0.29) is 17.7 Å². The van der Waals surface area contributed by atoms with Crippen LogP contribution in [0.15, 0.2) is 60.1 Å². The Morgan fingerprint density at radius 1 is 1.24 bits per heavy atom. The largest absolute Gasteiger partial charge is 0.545 e. The van der Waals surface area contributed by atoms with Crippen LogP contribution in [0, 0.1) is 11.8 Å². The Labute approximate surface area is 214 Å². The lowest BCUT2D eigenvalue weighted by Crippen LogP contribution is -3.08. The molecule has 3 aliphatic rings. The number of allylic oxidation sites excluding steroid dienone is 4. The summed E-state index contributed by atoms with van der Waals surface area (Å²) in [7, 11) is 1.21. The maximum Gasteiger partial charge on any atom is 0.337 e. The Morgan fingerprint density at radius 3 is 2.57 bits per heavy atom. The Kier molecular flexibility index (Phi) is 9.79. The second-order valence-corrected chi connectivity index (χ2v) is 8.89. The van der Waals surface area contributed by atoms with Crippen LogP contribution in [-0.2, 0) is 28.5 Å². The first kappa shape index (κ1) is 28.7. The molecular weight excluding hydrogens is 490 g/mol. The molecule has 12 nitrogen and oxygen atoms in total. The first-order valence-electron chi connectivity index (χ1n) is 11.8. The SMILES string of the molecule is C=CC1C(OC2OC(CO)C(O)C(O)C2O)OC=C(C(=O)OC)C1C=CC1=C[NH+](CC)CC(C(=O)[O-])=C1. The number of hydrogen-bond acceptors (Lipinski definition) is 11. The summed E-state index contributed by atoms with van der Waals surface area (Å²) in [6.07, 6.45) is 0.617. The fraction of sp³-hybridized carbons (Fsp3) is 0.520. The van der Waals surface area contributed by atoms with E-state index < -0.39 is 67.4 Å². The van der Waals surface area contributed by atoms with E-state index in [1.54, 1.807) is 12.2 Å². The van der Waals surface area contributed by atoms with Crippen molar-refractivity contribution in [2.24, 2.45) is 11.8 Å². The van der Waals surface area contributed by atoms with Crippen molar-refractivity contribution in [3.63, 3.8) is 0 Å². The summed E-state index contributed by atoms with van der Waals surface area (Å²) in [6, 6.07) is 0. The number of rotatable bonds is 9. The number of esters is 1. The number of nitrogens with one attached hydrogen (secondary N) is 1. The first-order chi connectivity index (χ1) is 17.6. The van der Waals surface area contributed by atoms with Crippen LogP contribution in [0.4, 0.5) is 0 Å². The number of aliphatic hydroxyl groups is 4. The van der Waals surface area contributed by atoms with Gasteiger partial charge in [0.1, 0.15) is 37.2 Å². The summed E-state index contributed by atoms with van der Waals surface area (Å²) in [4.78, 5) is 24.8. The average Bonchev–Trinajstić information content (AvgIpc) is 2.91. The van der Waals surface area contributed by atoms with E-state index in [1.807, 2.05) is 13.1 Å². The predicted octanol–water partition coefficient (Wildman–Crippen LogP) is -3.33. The third-order valence-corrected chi connectivity index (χ3v) is 6.57. The Hall–Kier alpha value is -2.84. The number of ether oxygens (including phenoxy) is 4. The molecule has 37 heavy (non-hydrogen) atoms. The Balaban J connectivity index is 1.89. The molecule has 0 aliphatic carbocycles. The average molecular weight is 524 g/mol. The van der Waals surface area contributed by atoms with Crippen molar-refractivity contribution in [1.82, 2.24) is 0 Å². The molecule has 0 amide bonds. The van der Waals surface area contributed by atoms with E-state index in [0.717, 1.165) is 11.2 Å². The van der Waals surface area contributed by atoms with Crippen molar-refractivity contribution in [3.8, 4) is 0 Å². The summed E-state index contributed by atoms with van der Waals surface area (Å²) >= 11 is 0. The maximum absolute atomic E-state index is 12.5. The molecule has 9 unspecified atom stereocenters. The fourth-order valence-corrected chi connectivity index (χ4v) is 4.41. The normalized spacial score (nSPS) is 36.2. The van der Waals surface area contributed by atoms with Crippen LogP contribution in [0.3, 0.4) is 0 Å². The van der Waals surface area contributed by atoms with Gasteiger partial charge in [0.2, 0.25) is 6.29 Å². The number of aliphatic carboxylic acids is 1. The van der Waals surface area contributed by atoms with Crippen molar-refractivity contribution >= 4 is 11.9 Å². The zero-order chi connectivity index (χ0) is 27.3. The predicted molar refractivity (Wildman–Crippen MR) is 124 cm³/mol. The molecule has 3 aliphatic heterocycles. The second kappa shape index (κ2) is 12.6. The molecular formula is C25H33NO11. The molecule has 12 heteroatoms. The van der Waals surface area contributed by atoms with Gasteiger partial charge in [0.05, 0.1) is 44.0 Å². The van der Waals surface area contributed by atoms with E-state index in [9.17, 15) is 35.1 Å². The zero-order valence-corrected chi connectivity index (χ0v) is 20.6. The molecule has 3 rings (SSSR count). The molecule has 0 aromatic carbocycles. The first-order valence-corrected chi connectivity index (χ1v) is 11.8. The standard InChI is InChI=1S/C25H33NO11/c1-4-15-16(7-6-13-8-14(22(31)32)10-26(5-2)9-13)17(23(33)34-3)12-35-24(15)37-25-21(30)20(29)19(28)18(11-27)36-25/h4,6-9,12,15-16,18-21,24-25,27-30H,1,5,10-11H2,2-3H3,(H,31,32). The van der Waals surface area contributed by atoms with Crippen LogP contribution >= 0.6 is 0 Å². The van der Waals surface area contributed by atoms with Gasteiger partial charge in [-0.05, 0) is 13.0 Å². The number of carbonyl (C=O) groups excluding carboxylic acids is 2. The monoisotopic (exact) mass is 523 g/mol. The number of carbonyl (C=O) groups is 2. The van der Waals surface area contributed by atoms with Gasteiger partial charge in [-0.3, -0.25) is 0 Å². The van der Waals surface area contributed by atoms with Gasteiger partial charge in [-0.15, -0.1) is 6.58 Å². The van der Waals surface area contributed by atoms with Crippen molar-refractivity contribution in [2.75, 3.05) is 26.8 Å². The van der Waals surface area contributed by atoms with Gasteiger partial charge < -0.3 is 54.2 Å². The minimum absolute atomic E-state index is 0.137. The van der Waals surface area contributed by atoms with Gasteiger partial charge in [0, 0.05) is 17.1 Å². The molecule has 0 radical (unpaired) electrons. The zero-order valence-electron chi connectivity index (χ0n) is 20.6. The number of carboxylic acids is 1. The number of quaternary nitrogens is 1. The van der Waals surface area contributed by atoms with Crippen molar-refractivity contribution < 1.29 is 59.0 Å². The number of aliphatic hydroxyl groups excluding tert-OH is 4.